The van der Waals surface area contributed by atoms with Crippen molar-refractivity contribution in [3.05, 3.63) is 6.07 Å². The summed E-state index contributed by atoms with van der Waals surface area (Å²) in [6, 6.07) is 1.68. The van der Waals surface area contributed by atoms with Crippen LogP contribution in [0.4, 0.5) is 0 Å². The Morgan fingerprint density at radius 2 is 1.30 bits per heavy atom. The van der Waals surface area contributed by atoms with Gasteiger partial charge in [0.2, 0.25) is 11.5 Å². The molecule has 0 heterocycles. The van der Waals surface area contributed by atoms with Crippen molar-refractivity contribution in [1.29, 1.82) is 0 Å². The Hall–Kier alpha value is -0.157. The first kappa shape index (κ1) is 22.1. The van der Waals surface area contributed by atoms with E-state index in [1.807, 2.05) is 0 Å². The average molecular weight is 376 g/mol. The first-order chi connectivity index (χ1) is 8.40. The van der Waals surface area contributed by atoms with Crippen LogP contribution in [-0.2, 0) is 0 Å². The molecule has 0 bridgehead atoms. The van der Waals surface area contributed by atoms with Crippen molar-refractivity contribution in [1.82, 2.24) is 0 Å². The fourth-order valence-corrected chi connectivity index (χ4v) is 3.02. The maximum atomic E-state index is 12.3. The molecule has 0 saturated carbocycles. The number of halogens is 1. The molecule has 1 aromatic carbocycles. The van der Waals surface area contributed by atoms with Crippen molar-refractivity contribution < 1.29 is 40.7 Å². The Balaban J connectivity index is 0. The minimum Gasteiger partial charge on any atom is -1.00 e. The van der Waals surface area contributed by atoms with Crippen molar-refractivity contribution in [3.63, 3.8) is 0 Å². The summed E-state index contributed by atoms with van der Waals surface area (Å²) in [6.07, 6.45) is 0. The molecule has 0 saturated heterocycles. The molecule has 0 aliphatic rings. The predicted octanol–water partition coefficient (Wildman–Crippen LogP) is -2.88. The third-order valence-electron chi connectivity index (χ3n) is 2.64. The van der Waals surface area contributed by atoms with Crippen LogP contribution in [0.2, 0.25) is 13.1 Å². The van der Waals surface area contributed by atoms with Crippen LogP contribution in [0.1, 0.15) is 0 Å². The molecular formula is C12H19BrMgO5Si. The van der Waals surface area contributed by atoms with Gasteiger partial charge in [-0.1, -0.05) is 13.1 Å². The summed E-state index contributed by atoms with van der Waals surface area (Å²) in [5.41, 5.74) is 0. The van der Waals surface area contributed by atoms with Crippen LogP contribution < -0.4 is 45.9 Å². The van der Waals surface area contributed by atoms with Crippen LogP contribution in [0.15, 0.2) is 6.07 Å². The van der Waals surface area contributed by atoms with Crippen LogP contribution in [0.25, 0.3) is 0 Å². The molecule has 0 amide bonds. The van der Waals surface area contributed by atoms with Gasteiger partial charge in [-0.15, -0.1) is 0 Å². The van der Waals surface area contributed by atoms with Crippen LogP contribution >= 0.6 is 0 Å². The minimum absolute atomic E-state index is 0. The number of methoxy groups -OCH3 is 4. The Morgan fingerprint density at radius 1 is 0.850 bits per heavy atom. The molecule has 8 heteroatoms. The second kappa shape index (κ2) is 8.98. The Morgan fingerprint density at radius 3 is 1.60 bits per heavy atom. The van der Waals surface area contributed by atoms with Gasteiger partial charge >= 0.3 is 23.1 Å². The Labute approximate surface area is 147 Å². The van der Waals surface area contributed by atoms with Crippen molar-refractivity contribution >= 4 is 36.6 Å². The van der Waals surface area contributed by atoms with E-state index in [1.165, 1.54) is 28.4 Å². The van der Waals surface area contributed by atoms with E-state index in [2.05, 4.69) is 0 Å². The maximum Gasteiger partial charge on any atom is 2.00 e. The minimum atomic E-state index is -2.82. The van der Waals surface area contributed by atoms with Crippen molar-refractivity contribution in [2.24, 2.45) is 0 Å². The summed E-state index contributed by atoms with van der Waals surface area (Å²) in [5.74, 6) is 1.73. The molecule has 0 atom stereocenters. The first-order valence-corrected chi connectivity index (χ1v) is 8.39. The van der Waals surface area contributed by atoms with E-state index >= 15 is 0 Å². The molecule has 0 radical (unpaired) electrons. The molecule has 0 fully saturated rings. The standard InChI is InChI=1S/C12H19O5Si.BrH.Mg/c1-14-8-7-9(18(5,6)13)11(16-3)12(17-4)10(8)15-2;;/h7H,1-6H3;1H;/q-1;;+2/p-1. The topological polar surface area (TPSA) is 60.0 Å². The molecule has 20 heavy (non-hydrogen) atoms. The molecule has 0 N–H and O–H groups in total. The largest absolute Gasteiger partial charge is 2.00 e. The van der Waals surface area contributed by atoms with E-state index in [9.17, 15) is 4.80 Å². The van der Waals surface area contributed by atoms with Crippen LogP contribution in [0, 0.1) is 0 Å². The molecule has 0 spiro atoms. The van der Waals surface area contributed by atoms with E-state index in [4.69, 9.17) is 18.9 Å². The van der Waals surface area contributed by atoms with Crippen molar-refractivity contribution in [2.45, 2.75) is 13.1 Å². The Kier molecular flexibility index (Phi) is 9.94. The van der Waals surface area contributed by atoms with E-state index in [0.29, 0.717) is 28.2 Å². The molecule has 1 rings (SSSR count). The summed E-state index contributed by atoms with van der Waals surface area (Å²) in [4.78, 5) is 12.3. The Bertz CT molecular complexity index is 437. The second-order valence-corrected chi connectivity index (χ2v) is 7.80. The summed E-state index contributed by atoms with van der Waals surface area (Å²) >= 11 is 0. The molecule has 110 valence electrons. The molecular weight excluding hydrogens is 356 g/mol. The maximum absolute atomic E-state index is 12.3. The van der Waals surface area contributed by atoms with Gasteiger partial charge in [-0.05, 0) is 19.6 Å². The number of ether oxygens (including phenoxy) is 4. The van der Waals surface area contributed by atoms with Crippen molar-refractivity contribution in [2.75, 3.05) is 28.4 Å². The van der Waals surface area contributed by atoms with Gasteiger partial charge in [0.05, 0.1) is 28.4 Å². The van der Waals surface area contributed by atoms with Gasteiger partial charge in [0.1, 0.15) is 0 Å². The van der Waals surface area contributed by atoms with Gasteiger partial charge in [0.25, 0.3) is 0 Å². The zero-order chi connectivity index (χ0) is 13.9. The van der Waals surface area contributed by atoms with Crippen LogP contribution in [0.3, 0.4) is 0 Å². The molecule has 1 aromatic rings. The van der Waals surface area contributed by atoms with Crippen molar-refractivity contribution in [3.8, 4) is 23.0 Å². The van der Waals surface area contributed by atoms with Crippen LogP contribution in [-0.4, -0.2) is 59.8 Å². The quantitative estimate of drug-likeness (QED) is 0.518. The van der Waals surface area contributed by atoms with Gasteiger partial charge in [0, 0.05) is 0 Å². The third kappa shape index (κ3) is 4.42. The van der Waals surface area contributed by atoms with Crippen LogP contribution in [0.5, 0.6) is 23.0 Å². The average Bonchev–Trinajstić information content (AvgIpc) is 2.34. The van der Waals surface area contributed by atoms with Gasteiger partial charge in [-0.2, -0.15) is 0 Å². The first-order valence-electron chi connectivity index (χ1n) is 5.48. The second-order valence-electron chi connectivity index (χ2n) is 4.24. The summed E-state index contributed by atoms with van der Waals surface area (Å²) in [5, 5.41) is 0.597. The summed E-state index contributed by atoms with van der Waals surface area (Å²) < 4.78 is 21.1. The van der Waals surface area contributed by atoms with Gasteiger partial charge < -0.3 is 40.7 Å². The number of hydrogen-bond acceptors (Lipinski definition) is 5. The van der Waals surface area contributed by atoms with E-state index in [0.717, 1.165) is 0 Å². The molecule has 0 aliphatic carbocycles. The molecule has 5 nitrogen and oxygen atoms in total. The van der Waals surface area contributed by atoms with E-state index < -0.39 is 8.32 Å². The number of rotatable bonds is 5. The number of hydrogen-bond donors (Lipinski definition) is 0. The number of benzene rings is 1. The molecule has 0 aromatic heterocycles. The fourth-order valence-electron chi connectivity index (χ4n) is 1.78. The summed E-state index contributed by atoms with van der Waals surface area (Å²) in [6.45, 7) is 3.38. The molecule has 0 unspecified atom stereocenters. The predicted molar refractivity (Wildman–Crippen MR) is 75.5 cm³/mol. The van der Waals surface area contributed by atoms with Gasteiger partial charge in [-0.25, -0.2) is 0 Å². The zero-order valence-electron chi connectivity index (χ0n) is 12.7. The van der Waals surface area contributed by atoms with E-state index in [1.54, 1.807) is 19.2 Å². The molecule has 0 aliphatic heterocycles. The van der Waals surface area contributed by atoms with Gasteiger partial charge in [-0.3, -0.25) is 0 Å². The normalized spacial score (nSPS) is 9.95. The zero-order valence-corrected chi connectivity index (χ0v) is 16.7. The van der Waals surface area contributed by atoms with Gasteiger partial charge in [0.15, 0.2) is 11.5 Å². The third-order valence-corrected chi connectivity index (χ3v) is 4.31. The monoisotopic (exact) mass is 374 g/mol. The summed E-state index contributed by atoms with van der Waals surface area (Å²) in [7, 11) is 3.22. The fraction of sp³-hybridized carbons (Fsp3) is 0.500. The van der Waals surface area contributed by atoms with E-state index in [-0.39, 0.29) is 40.0 Å². The smallest absolute Gasteiger partial charge is 1.00 e. The SMILES string of the molecule is COc1cc([Si](C)(C)[O-])c(OC)c(OC)c1OC.[Br-].[Mg+2].